The average molecular weight is 299 g/mol. The Morgan fingerprint density at radius 1 is 1.45 bits per heavy atom. The second-order valence-electron chi connectivity index (χ2n) is 5.08. The van der Waals surface area contributed by atoms with E-state index in [0.717, 1.165) is 31.7 Å². The van der Waals surface area contributed by atoms with E-state index < -0.39 is 6.04 Å². The standard InChI is InChI=1S/C15H22N2O2.ClH/c1-3-8-19-14-5-4-13-10-17(15(18)11(2)16)7-6-12(13)9-14;/h4-5,9,11H,3,6-8,10,16H2,1-2H3;1H. The Balaban J connectivity index is 0.00000200. The second kappa shape index (κ2) is 7.50. The fraction of sp³-hybridized carbons (Fsp3) is 0.533. The molecule has 1 unspecified atom stereocenters. The molecule has 1 aromatic rings. The van der Waals surface area contributed by atoms with Crippen LogP contribution in [0, 0.1) is 0 Å². The highest BCUT2D eigenvalue weighted by Gasteiger charge is 2.22. The molecule has 1 aromatic carbocycles. The molecule has 2 N–H and O–H groups in total. The highest BCUT2D eigenvalue weighted by Crippen LogP contribution is 2.24. The van der Waals surface area contributed by atoms with Crippen molar-refractivity contribution < 1.29 is 9.53 Å². The maximum Gasteiger partial charge on any atom is 0.239 e. The maximum absolute atomic E-state index is 11.9. The van der Waals surface area contributed by atoms with Crippen molar-refractivity contribution in [2.45, 2.75) is 39.3 Å². The number of ether oxygens (including phenoxy) is 1. The molecule has 0 aliphatic carbocycles. The van der Waals surface area contributed by atoms with Gasteiger partial charge >= 0.3 is 0 Å². The minimum absolute atomic E-state index is 0. The number of benzene rings is 1. The first-order chi connectivity index (χ1) is 9.11. The largest absolute Gasteiger partial charge is 0.494 e. The first-order valence-corrected chi connectivity index (χ1v) is 6.90. The Kier molecular flexibility index (Phi) is 6.30. The Labute approximate surface area is 126 Å². The number of rotatable bonds is 4. The van der Waals surface area contributed by atoms with Crippen molar-refractivity contribution >= 4 is 18.3 Å². The van der Waals surface area contributed by atoms with Gasteiger partial charge in [0.05, 0.1) is 12.6 Å². The van der Waals surface area contributed by atoms with E-state index in [2.05, 4.69) is 19.1 Å². The molecule has 2 rings (SSSR count). The molecule has 0 radical (unpaired) electrons. The summed E-state index contributed by atoms with van der Waals surface area (Å²) in [4.78, 5) is 13.7. The zero-order valence-electron chi connectivity index (χ0n) is 12.1. The smallest absolute Gasteiger partial charge is 0.239 e. The van der Waals surface area contributed by atoms with E-state index in [1.54, 1.807) is 6.92 Å². The molecule has 112 valence electrons. The van der Waals surface area contributed by atoms with E-state index >= 15 is 0 Å². The number of fused-ring (bicyclic) bond motifs is 1. The van der Waals surface area contributed by atoms with Crippen molar-refractivity contribution in [3.63, 3.8) is 0 Å². The quantitative estimate of drug-likeness (QED) is 0.926. The zero-order chi connectivity index (χ0) is 13.8. The summed E-state index contributed by atoms with van der Waals surface area (Å²) in [6, 6.07) is 5.71. The first kappa shape index (κ1) is 16.8. The van der Waals surface area contributed by atoms with E-state index in [1.165, 1.54) is 11.1 Å². The maximum atomic E-state index is 11.9. The number of nitrogens with two attached hydrogens (primary N) is 1. The van der Waals surface area contributed by atoms with Gasteiger partial charge in [-0.25, -0.2) is 0 Å². The molecule has 4 nitrogen and oxygen atoms in total. The van der Waals surface area contributed by atoms with Crippen molar-refractivity contribution in [3.8, 4) is 5.75 Å². The minimum atomic E-state index is -0.422. The van der Waals surface area contributed by atoms with Gasteiger partial charge in [0.2, 0.25) is 5.91 Å². The number of halogens is 1. The Hall–Kier alpha value is -1.26. The van der Waals surface area contributed by atoms with E-state index in [4.69, 9.17) is 10.5 Å². The van der Waals surface area contributed by atoms with Crippen LogP contribution in [0.4, 0.5) is 0 Å². The lowest BCUT2D eigenvalue weighted by atomic mass is 9.99. The third kappa shape index (κ3) is 3.87. The molecular formula is C15H23ClN2O2. The molecule has 0 spiro atoms. The molecule has 0 saturated heterocycles. The van der Waals surface area contributed by atoms with Crippen LogP contribution < -0.4 is 10.5 Å². The third-order valence-corrected chi connectivity index (χ3v) is 3.36. The predicted molar refractivity (Wildman–Crippen MR) is 82.2 cm³/mol. The normalized spacial score (nSPS) is 15.1. The van der Waals surface area contributed by atoms with Crippen LogP contribution in [0.15, 0.2) is 18.2 Å². The van der Waals surface area contributed by atoms with Crippen LogP contribution in [-0.4, -0.2) is 30.0 Å². The zero-order valence-corrected chi connectivity index (χ0v) is 12.9. The molecule has 0 aromatic heterocycles. The molecule has 1 aliphatic rings. The Morgan fingerprint density at radius 2 is 2.20 bits per heavy atom. The molecule has 1 aliphatic heterocycles. The van der Waals surface area contributed by atoms with Crippen molar-refractivity contribution in [1.29, 1.82) is 0 Å². The molecular weight excluding hydrogens is 276 g/mol. The van der Waals surface area contributed by atoms with Gasteiger partial charge in [0.15, 0.2) is 0 Å². The number of amides is 1. The summed E-state index contributed by atoms with van der Waals surface area (Å²) >= 11 is 0. The minimum Gasteiger partial charge on any atom is -0.494 e. The summed E-state index contributed by atoms with van der Waals surface area (Å²) in [5, 5.41) is 0. The fourth-order valence-electron chi connectivity index (χ4n) is 2.32. The third-order valence-electron chi connectivity index (χ3n) is 3.36. The van der Waals surface area contributed by atoms with E-state index in [-0.39, 0.29) is 18.3 Å². The van der Waals surface area contributed by atoms with E-state index in [0.29, 0.717) is 6.54 Å². The van der Waals surface area contributed by atoms with E-state index in [9.17, 15) is 4.79 Å². The summed E-state index contributed by atoms with van der Waals surface area (Å²) in [7, 11) is 0. The second-order valence-corrected chi connectivity index (χ2v) is 5.08. The van der Waals surface area contributed by atoms with Crippen molar-refractivity contribution in [2.24, 2.45) is 5.73 Å². The van der Waals surface area contributed by atoms with Gasteiger partial charge < -0.3 is 15.4 Å². The summed E-state index contributed by atoms with van der Waals surface area (Å²) in [6.45, 7) is 5.97. The van der Waals surface area contributed by atoms with Gasteiger partial charge in [-0.3, -0.25) is 4.79 Å². The molecule has 1 atom stereocenters. The van der Waals surface area contributed by atoms with Crippen LogP contribution in [-0.2, 0) is 17.8 Å². The molecule has 1 amide bonds. The summed E-state index contributed by atoms with van der Waals surface area (Å²) in [5.41, 5.74) is 8.13. The molecule has 0 bridgehead atoms. The highest BCUT2D eigenvalue weighted by molar-refractivity contribution is 5.85. The van der Waals surface area contributed by atoms with Gasteiger partial charge in [0, 0.05) is 13.1 Å². The lowest BCUT2D eigenvalue weighted by Gasteiger charge is -2.30. The number of hydrogen-bond acceptors (Lipinski definition) is 3. The summed E-state index contributed by atoms with van der Waals surface area (Å²) < 4.78 is 5.63. The number of nitrogens with zero attached hydrogens (tertiary/aromatic N) is 1. The molecule has 20 heavy (non-hydrogen) atoms. The van der Waals surface area contributed by atoms with Crippen LogP contribution in [0.25, 0.3) is 0 Å². The van der Waals surface area contributed by atoms with Crippen LogP contribution in [0.5, 0.6) is 5.75 Å². The lowest BCUT2D eigenvalue weighted by molar-refractivity contribution is -0.133. The number of carbonyl (C=O) groups is 1. The Morgan fingerprint density at radius 3 is 2.85 bits per heavy atom. The summed E-state index contributed by atoms with van der Waals surface area (Å²) in [5.74, 6) is 0.949. The van der Waals surface area contributed by atoms with Crippen LogP contribution >= 0.6 is 12.4 Å². The van der Waals surface area contributed by atoms with Gasteiger partial charge in [0.25, 0.3) is 0 Å². The highest BCUT2D eigenvalue weighted by atomic mass is 35.5. The van der Waals surface area contributed by atoms with Gasteiger partial charge in [-0.2, -0.15) is 0 Å². The van der Waals surface area contributed by atoms with Crippen LogP contribution in [0.1, 0.15) is 31.4 Å². The molecule has 1 heterocycles. The Bertz CT molecular complexity index is 463. The van der Waals surface area contributed by atoms with Gasteiger partial charge in [0.1, 0.15) is 5.75 Å². The van der Waals surface area contributed by atoms with Crippen molar-refractivity contribution in [3.05, 3.63) is 29.3 Å². The first-order valence-electron chi connectivity index (χ1n) is 6.90. The van der Waals surface area contributed by atoms with Crippen LogP contribution in [0.2, 0.25) is 0 Å². The lowest BCUT2D eigenvalue weighted by Crippen LogP contribution is -2.44. The van der Waals surface area contributed by atoms with Gasteiger partial charge in [-0.05, 0) is 43.0 Å². The SMILES string of the molecule is CCCOc1ccc2c(c1)CCN(C(=O)C(C)N)C2.Cl. The number of hydrogen-bond donors (Lipinski definition) is 1. The van der Waals surface area contributed by atoms with Crippen molar-refractivity contribution in [1.82, 2.24) is 4.90 Å². The van der Waals surface area contributed by atoms with Crippen molar-refractivity contribution in [2.75, 3.05) is 13.2 Å². The molecule has 5 heteroatoms. The fourth-order valence-corrected chi connectivity index (χ4v) is 2.32. The monoisotopic (exact) mass is 298 g/mol. The van der Waals surface area contributed by atoms with Crippen LogP contribution in [0.3, 0.4) is 0 Å². The van der Waals surface area contributed by atoms with E-state index in [1.807, 2.05) is 11.0 Å². The summed E-state index contributed by atoms with van der Waals surface area (Å²) in [6.07, 6.45) is 1.88. The number of carbonyl (C=O) groups excluding carboxylic acids is 1. The van der Waals surface area contributed by atoms with Gasteiger partial charge in [-0.15, -0.1) is 12.4 Å². The topological polar surface area (TPSA) is 55.6 Å². The van der Waals surface area contributed by atoms with Gasteiger partial charge in [-0.1, -0.05) is 13.0 Å². The molecule has 0 fully saturated rings. The average Bonchev–Trinajstić information content (AvgIpc) is 2.43. The predicted octanol–water partition coefficient (Wildman–Crippen LogP) is 2.13. The molecule has 0 saturated carbocycles.